The second kappa shape index (κ2) is 8.77. The molecular weight excluding hydrogens is 436 g/mol. The topological polar surface area (TPSA) is 177 Å². The number of aliphatic hydroxyl groups excluding tert-OH is 2. The van der Waals surface area contributed by atoms with Crippen LogP contribution in [0.2, 0.25) is 0 Å². The first kappa shape index (κ1) is 22.6. The van der Waals surface area contributed by atoms with E-state index in [-0.39, 0.29) is 54.6 Å². The number of aliphatic hydroxyl groups is 2. The third-order valence-electron chi connectivity index (χ3n) is 5.66. The van der Waals surface area contributed by atoms with Crippen molar-refractivity contribution in [2.45, 2.75) is 44.8 Å². The highest BCUT2D eigenvalue weighted by molar-refractivity contribution is 5.99. The summed E-state index contributed by atoms with van der Waals surface area (Å²) < 4.78 is 11.7. The lowest BCUT2D eigenvalue weighted by atomic mass is 10.1. The van der Waals surface area contributed by atoms with Crippen LogP contribution in [-0.4, -0.2) is 62.7 Å². The second-order valence-electron chi connectivity index (χ2n) is 7.81. The number of rotatable bonds is 6. The Hall–Kier alpha value is -3.55. The molecule has 4 N–H and O–H groups in total. The first-order chi connectivity index (χ1) is 15.7. The third kappa shape index (κ3) is 4.13. The summed E-state index contributed by atoms with van der Waals surface area (Å²) in [5.74, 6) is -0.213. The number of aromatic nitrogens is 2. The van der Waals surface area contributed by atoms with E-state index in [1.165, 1.54) is 17.9 Å². The monoisotopic (exact) mass is 460 g/mol. The largest absolute Gasteiger partial charge is 0.468 e. The Balaban J connectivity index is 1.72. The number of carbonyl (C=O) groups excluding carboxylic acids is 1. The van der Waals surface area contributed by atoms with E-state index < -0.39 is 29.5 Å². The molecular formula is C20H24N6O7. The zero-order valence-corrected chi connectivity index (χ0v) is 18.0. The number of hydrogen-bond donors (Lipinski definition) is 3. The van der Waals surface area contributed by atoms with Gasteiger partial charge in [-0.1, -0.05) is 12.1 Å². The molecule has 33 heavy (non-hydrogen) atoms. The number of nitro benzene ring substituents is 1. The number of ether oxygens (including phenoxy) is 2. The highest BCUT2D eigenvalue weighted by Gasteiger charge is 2.44. The Morgan fingerprint density at radius 3 is 2.79 bits per heavy atom. The van der Waals surface area contributed by atoms with Crippen molar-refractivity contribution in [3.63, 3.8) is 0 Å². The van der Waals surface area contributed by atoms with E-state index >= 15 is 0 Å². The lowest BCUT2D eigenvalue weighted by molar-refractivity contribution is -0.386. The summed E-state index contributed by atoms with van der Waals surface area (Å²) >= 11 is 0. The molecule has 1 saturated heterocycles. The van der Waals surface area contributed by atoms with Gasteiger partial charge in [0.15, 0.2) is 11.5 Å². The zero-order valence-electron chi connectivity index (χ0n) is 18.0. The van der Waals surface area contributed by atoms with Gasteiger partial charge in [0.25, 0.3) is 5.69 Å². The van der Waals surface area contributed by atoms with Crippen LogP contribution in [0.15, 0.2) is 24.3 Å². The summed E-state index contributed by atoms with van der Waals surface area (Å²) in [5.41, 5.74) is 6.37. The van der Waals surface area contributed by atoms with Gasteiger partial charge in [0.1, 0.15) is 25.1 Å². The summed E-state index contributed by atoms with van der Waals surface area (Å²) in [6.07, 6.45) is -2.93. The number of fused-ring (bicyclic) bond motifs is 1. The number of benzene rings is 1. The van der Waals surface area contributed by atoms with Gasteiger partial charge in [-0.15, -0.1) is 0 Å². The number of para-hydroxylation sites is 1. The average molecular weight is 460 g/mol. The van der Waals surface area contributed by atoms with Crippen molar-refractivity contribution >= 4 is 29.0 Å². The van der Waals surface area contributed by atoms with E-state index in [4.69, 9.17) is 15.2 Å². The van der Waals surface area contributed by atoms with E-state index in [9.17, 15) is 25.1 Å². The van der Waals surface area contributed by atoms with Crippen molar-refractivity contribution in [1.82, 2.24) is 9.97 Å². The molecule has 1 unspecified atom stereocenters. The van der Waals surface area contributed by atoms with Gasteiger partial charge in [0.2, 0.25) is 17.7 Å². The number of nitrogens with zero attached hydrogens (tertiary/aromatic N) is 5. The molecule has 1 fully saturated rings. The minimum absolute atomic E-state index is 0.0156. The molecule has 0 aliphatic carbocycles. The van der Waals surface area contributed by atoms with E-state index in [0.29, 0.717) is 5.56 Å². The molecule has 0 radical (unpaired) electrons. The summed E-state index contributed by atoms with van der Waals surface area (Å²) in [5, 5.41) is 31.0. The van der Waals surface area contributed by atoms with Crippen LogP contribution < -0.4 is 20.3 Å². The fourth-order valence-corrected chi connectivity index (χ4v) is 4.03. The van der Waals surface area contributed by atoms with Gasteiger partial charge < -0.3 is 30.3 Å². The van der Waals surface area contributed by atoms with Gasteiger partial charge >= 0.3 is 0 Å². The van der Waals surface area contributed by atoms with Crippen molar-refractivity contribution in [2.24, 2.45) is 0 Å². The second-order valence-corrected chi connectivity index (χ2v) is 7.81. The van der Waals surface area contributed by atoms with Gasteiger partial charge in [-0.3, -0.25) is 19.8 Å². The molecule has 1 amide bonds. The molecule has 3 heterocycles. The first-order valence-electron chi connectivity index (χ1n) is 10.3. The normalized spacial score (nSPS) is 22.8. The highest BCUT2D eigenvalue weighted by Crippen LogP contribution is 2.45. The Bertz CT molecular complexity index is 1080. The predicted molar refractivity (Wildman–Crippen MR) is 115 cm³/mol. The van der Waals surface area contributed by atoms with Crippen molar-refractivity contribution in [3.05, 3.63) is 39.9 Å². The van der Waals surface area contributed by atoms with Crippen molar-refractivity contribution in [1.29, 1.82) is 0 Å². The quantitative estimate of drug-likeness (QED) is 0.408. The minimum atomic E-state index is -0.886. The highest BCUT2D eigenvalue weighted by atomic mass is 16.6. The van der Waals surface area contributed by atoms with Gasteiger partial charge in [0, 0.05) is 19.4 Å². The standard InChI is InChI=1S/C20H24N6O7/c1-10(12-5-3-4-6-13(12)26(30)31)32-19-17-18(22-20(21)23-19)25(9-24(17)11(2)28)16-7-14(29)15(8-27)33-16/h3-6,10,14-16,27,29H,7-9H2,1-2H3,(H2,21,22,23)/t10?,14-,15+,16+/m0/s1. The fourth-order valence-electron chi connectivity index (χ4n) is 4.03. The van der Waals surface area contributed by atoms with Crippen LogP contribution in [0.4, 0.5) is 23.1 Å². The molecule has 2 aliphatic heterocycles. The molecule has 0 spiro atoms. The van der Waals surface area contributed by atoms with Gasteiger partial charge in [-0.25, -0.2) is 0 Å². The molecule has 13 heteroatoms. The molecule has 0 bridgehead atoms. The number of nitro groups is 1. The van der Waals surface area contributed by atoms with E-state index in [1.807, 2.05) is 0 Å². The predicted octanol–water partition coefficient (Wildman–Crippen LogP) is 0.706. The smallest absolute Gasteiger partial charge is 0.276 e. The van der Waals surface area contributed by atoms with E-state index in [0.717, 1.165) is 0 Å². The number of carbonyl (C=O) groups is 1. The minimum Gasteiger partial charge on any atom is -0.468 e. The molecule has 4 rings (SSSR count). The van der Waals surface area contributed by atoms with E-state index in [1.54, 1.807) is 30.0 Å². The van der Waals surface area contributed by atoms with Gasteiger partial charge in [-0.05, 0) is 13.0 Å². The lowest BCUT2D eigenvalue weighted by Crippen LogP contribution is -2.40. The Morgan fingerprint density at radius 1 is 1.42 bits per heavy atom. The SMILES string of the molecule is CC(=O)N1CN([C@H]2C[C@H](O)[C@@H](CO)O2)c2nc(N)nc(OC(C)c3ccccc3[N+](=O)[O-])c21. The maximum Gasteiger partial charge on any atom is 0.276 e. The lowest BCUT2D eigenvalue weighted by Gasteiger charge is -2.25. The number of nitrogen functional groups attached to an aromatic ring is 1. The van der Waals surface area contributed by atoms with Crippen molar-refractivity contribution < 1.29 is 29.4 Å². The maximum absolute atomic E-state index is 12.4. The van der Waals surface area contributed by atoms with Gasteiger partial charge in [-0.2, -0.15) is 9.97 Å². The summed E-state index contributed by atoms with van der Waals surface area (Å²) in [4.78, 5) is 34.8. The van der Waals surface area contributed by atoms with Crippen LogP contribution in [0.25, 0.3) is 0 Å². The number of hydrogen-bond acceptors (Lipinski definition) is 11. The molecule has 1 aromatic carbocycles. The molecule has 1 aromatic heterocycles. The Kier molecular flexibility index (Phi) is 6.01. The Labute approximate surface area is 188 Å². The number of amides is 1. The van der Waals surface area contributed by atoms with Gasteiger partial charge in [0.05, 0.1) is 23.2 Å². The fraction of sp³-hybridized carbons (Fsp3) is 0.450. The van der Waals surface area contributed by atoms with Crippen molar-refractivity contribution in [2.75, 3.05) is 28.8 Å². The van der Waals surface area contributed by atoms with E-state index in [2.05, 4.69) is 9.97 Å². The molecule has 2 aromatic rings. The number of nitrogens with two attached hydrogens (primary N) is 1. The first-order valence-corrected chi connectivity index (χ1v) is 10.3. The molecule has 13 nitrogen and oxygen atoms in total. The summed E-state index contributed by atoms with van der Waals surface area (Å²) in [6, 6.07) is 6.16. The third-order valence-corrected chi connectivity index (χ3v) is 5.66. The van der Waals surface area contributed by atoms with Crippen LogP contribution in [0.5, 0.6) is 5.88 Å². The van der Waals surface area contributed by atoms with Crippen LogP contribution in [0.3, 0.4) is 0 Å². The average Bonchev–Trinajstić information content (AvgIpc) is 3.33. The van der Waals surface area contributed by atoms with Crippen LogP contribution in [0.1, 0.15) is 31.9 Å². The zero-order chi connectivity index (χ0) is 23.9. The Morgan fingerprint density at radius 2 is 2.15 bits per heavy atom. The molecule has 4 atom stereocenters. The maximum atomic E-state index is 12.4. The van der Waals surface area contributed by atoms with Crippen LogP contribution in [0, 0.1) is 10.1 Å². The summed E-state index contributed by atoms with van der Waals surface area (Å²) in [6.45, 7) is 2.66. The van der Waals surface area contributed by atoms with Crippen LogP contribution in [-0.2, 0) is 9.53 Å². The molecule has 2 aliphatic rings. The summed E-state index contributed by atoms with van der Waals surface area (Å²) in [7, 11) is 0. The van der Waals surface area contributed by atoms with Crippen molar-refractivity contribution in [3.8, 4) is 5.88 Å². The molecule has 0 saturated carbocycles. The molecule has 176 valence electrons. The van der Waals surface area contributed by atoms with Crippen LogP contribution >= 0.6 is 0 Å². The number of anilines is 3.